The summed E-state index contributed by atoms with van der Waals surface area (Å²) in [4.78, 5) is 40.0. The molecule has 4 rings (SSSR count). The number of amides is 2. The number of carbonyl (C=O) groups excluding carboxylic acids is 3. The fraction of sp³-hybridized carbons (Fsp3) is 0.545. The average molecular weight is 450 g/mol. The number of nitrogens with zero attached hydrogens (tertiary/aromatic N) is 2. The lowest BCUT2D eigenvalue weighted by molar-refractivity contribution is -0.160. The molecule has 3 fully saturated rings. The van der Waals surface area contributed by atoms with Crippen LogP contribution in [0, 0.1) is 29.1 Å². The lowest BCUT2D eigenvalue weighted by Gasteiger charge is -2.34. The van der Waals surface area contributed by atoms with Gasteiger partial charge in [-0.05, 0) is 52.3 Å². The molecule has 0 spiro atoms. The van der Waals surface area contributed by atoms with Gasteiger partial charge in [0.1, 0.15) is 0 Å². The monoisotopic (exact) mass is 450 g/mol. The van der Waals surface area contributed by atoms with Crippen LogP contribution in [0.25, 0.3) is 0 Å². The molecule has 0 aliphatic carbocycles. The maximum Gasteiger partial charge on any atom is 0.417 e. The first-order valence-electron chi connectivity index (χ1n) is 10.1. The number of esters is 1. The standard InChI is InChI=1S/C22H21F3N2O5/c1-10(2)31-19(30)14-8-20(3)15-16(21(14,4)32-20)18(29)27(17(15)28)12-6-5-11(9-26)13(7-12)22(23,24)25/h5-7,10,14-16H,8H2,1-4H3/t14-,15+,16-,20?,21?/m1/s1. The summed E-state index contributed by atoms with van der Waals surface area (Å²) in [7, 11) is 0. The van der Waals surface area contributed by atoms with Gasteiger partial charge in [0.05, 0.1) is 57.9 Å². The summed E-state index contributed by atoms with van der Waals surface area (Å²) in [5, 5.41) is 9.00. The van der Waals surface area contributed by atoms with E-state index in [0.29, 0.717) is 6.07 Å². The molecule has 10 heteroatoms. The molecule has 2 amide bonds. The third-order valence-corrected chi connectivity index (χ3v) is 6.66. The lowest BCUT2D eigenvalue weighted by Crippen LogP contribution is -2.49. The van der Waals surface area contributed by atoms with E-state index in [4.69, 9.17) is 14.7 Å². The van der Waals surface area contributed by atoms with Gasteiger partial charge in [-0.1, -0.05) is 0 Å². The van der Waals surface area contributed by atoms with Gasteiger partial charge in [-0.25, -0.2) is 4.90 Å². The minimum absolute atomic E-state index is 0.157. The molecule has 5 atom stereocenters. The number of anilines is 1. The van der Waals surface area contributed by atoms with Crippen LogP contribution in [0.15, 0.2) is 18.2 Å². The van der Waals surface area contributed by atoms with Crippen molar-refractivity contribution in [1.82, 2.24) is 0 Å². The molecule has 0 aromatic heterocycles. The van der Waals surface area contributed by atoms with E-state index >= 15 is 0 Å². The van der Waals surface area contributed by atoms with Gasteiger partial charge in [0.15, 0.2) is 0 Å². The van der Waals surface area contributed by atoms with E-state index in [9.17, 15) is 27.6 Å². The summed E-state index contributed by atoms with van der Waals surface area (Å²) in [6.07, 6.45) is -5.07. The van der Waals surface area contributed by atoms with Crippen LogP contribution in [-0.4, -0.2) is 35.1 Å². The van der Waals surface area contributed by atoms with Gasteiger partial charge in [-0.2, -0.15) is 18.4 Å². The van der Waals surface area contributed by atoms with Gasteiger partial charge in [0.2, 0.25) is 11.8 Å². The lowest BCUT2D eigenvalue weighted by atomic mass is 9.64. The molecule has 0 saturated carbocycles. The molecule has 3 aliphatic rings. The number of halogens is 3. The second kappa shape index (κ2) is 6.78. The molecule has 7 nitrogen and oxygen atoms in total. The number of carbonyl (C=O) groups is 3. The second-order valence-electron chi connectivity index (χ2n) is 9.15. The first-order valence-corrected chi connectivity index (χ1v) is 10.1. The normalized spacial score (nSPS) is 33.6. The Bertz CT molecular complexity index is 1080. The summed E-state index contributed by atoms with van der Waals surface area (Å²) >= 11 is 0. The van der Waals surface area contributed by atoms with Gasteiger partial charge < -0.3 is 9.47 Å². The number of nitriles is 1. The maximum atomic E-state index is 13.4. The van der Waals surface area contributed by atoms with Gasteiger partial charge in [-0.3, -0.25) is 14.4 Å². The van der Waals surface area contributed by atoms with E-state index in [1.807, 2.05) is 0 Å². The molecule has 2 bridgehead atoms. The van der Waals surface area contributed by atoms with Crippen LogP contribution < -0.4 is 4.90 Å². The number of fused-ring (bicyclic) bond motifs is 5. The minimum atomic E-state index is -4.84. The summed E-state index contributed by atoms with van der Waals surface area (Å²) in [5.74, 6) is -4.72. The highest BCUT2D eigenvalue weighted by atomic mass is 19.4. The number of benzene rings is 1. The van der Waals surface area contributed by atoms with Crippen molar-refractivity contribution in [3.8, 4) is 6.07 Å². The number of hydrogen-bond donors (Lipinski definition) is 0. The number of imide groups is 1. The van der Waals surface area contributed by atoms with E-state index in [-0.39, 0.29) is 18.2 Å². The smallest absolute Gasteiger partial charge is 0.417 e. The summed E-state index contributed by atoms with van der Waals surface area (Å²) in [5.41, 5.74) is -4.58. The zero-order valence-electron chi connectivity index (χ0n) is 17.8. The zero-order chi connectivity index (χ0) is 23.8. The van der Waals surface area contributed by atoms with E-state index in [1.165, 1.54) is 6.07 Å². The predicted molar refractivity (Wildman–Crippen MR) is 103 cm³/mol. The molecule has 1 aromatic carbocycles. The van der Waals surface area contributed by atoms with Crippen LogP contribution in [-0.2, 0) is 30.0 Å². The second-order valence-corrected chi connectivity index (χ2v) is 9.15. The molecule has 2 unspecified atom stereocenters. The highest BCUT2D eigenvalue weighted by Gasteiger charge is 2.77. The van der Waals surface area contributed by atoms with Crippen molar-refractivity contribution < 1.29 is 37.0 Å². The number of rotatable bonds is 3. The van der Waals surface area contributed by atoms with Gasteiger partial charge in [0, 0.05) is 0 Å². The fourth-order valence-corrected chi connectivity index (χ4v) is 5.45. The molecule has 1 aromatic rings. The van der Waals surface area contributed by atoms with Crippen LogP contribution in [0.1, 0.15) is 45.2 Å². The molecule has 3 aliphatic heterocycles. The highest BCUT2D eigenvalue weighted by molar-refractivity contribution is 6.23. The molecular formula is C22H21F3N2O5. The molecule has 32 heavy (non-hydrogen) atoms. The molecule has 3 heterocycles. The summed E-state index contributed by atoms with van der Waals surface area (Å²) in [6.45, 7) is 6.58. The minimum Gasteiger partial charge on any atom is -0.463 e. The van der Waals surface area contributed by atoms with E-state index in [1.54, 1.807) is 27.7 Å². The van der Waals surface area contributed by atoms with Crippen molar-refractivity contribution in [1.29, 1.82) is 5.26 Å². The topological polar surface area (TPSA) is 96.7 Å². The Morgan fingerprint density at radius 2 is 1.88 bits per heavy atom. The van der Waals surface area contributed by atoms with Gasteiger partial charge in [0.25, 0.3) is 0 Å². The van der Waals surface area contributed by atoms with Crippen molar-refractivity contribution in [3.05, 3.63) is 29.3 Å². The van der Waals surface area contributed by atoms with Crippen LogP contribution in [0.2, 0.25) is 0 Å². The number of alkyl halides is 3. The third-order valence-electron chi connectivity index (χ3n) is 6.66. The number of ether oxygens (including phenoxy) is 2. The predicted octanol–water partition coefficient (Wildman–Crippen LogP) is 3.20. The fourth-order valence-electron chi connectivity index (χ4n) is 5.45. The van der Waals surface area contributed by atoms with Crippen molar-refractivity contribution >= 4 is 23.5 Å². The maximum absolute atomic E-state index is 13.4. The first kappa shape index (κ1) is 22.3. The van der Waals surface area contributed by atoms with E-state index in [0.717, 1.165) is 17.0 Å². The number of hydrogen-bond acceptors (Lipinski definition) is 6. The Morgan fingerprint density at radius 3 is 2.44 bits per heavy atom. The Balaban J connectivity index is 1.75. The SMILES string of the molecule is CC(C)OC(=O)[C@H]1CC2(C)OC1(C)[C@H]1C(=O)N(c3ccc(C#N)c(C(F)(F)F)c3)C(=O)[C@H]12. The molecular weight excluding hydrogens is 429 g/mol. The van der Waals surface area contributed by atoms with Crippen molar-refractivity contribution in [3.63, 3.8) is 0 Å². The van der Waals surface area contributed by atoms with Gasteiger partial charge in [-0.15, -0.1) is 0 Å². The van der Waals surface area contributed by atoms with Crippen LogP contribution in [0.4, 0.5) is 18.9 Å². The Kier molecular flexibility index (Phi) is 4.72. The Hall–Kier alpha value is -2.93. The average Bonchev–Trinajstić information content (AvgIpc) is 3.21. The summed E-state index contributed by atoms with van der Waals surface area (Å²) in [6, 6.07) is 4.18. The van der Waals surface area contributed by atoms with Crippen LogP contribution >= 0.6 is 0 Å². The first-order chi connectivity index (χ1) is 14.7. The van der Waals surface area contributed by atoms with Crippen LogP contribution in [0.3, 0.4) is 0 Å². The molecule has 0 radical (unpaired) electrons. The van der Waals surface area contributed by atoms with Crippen molar-refractivity contribution in [2.24, 2.45) is 17.8 Å². The summed E-state index contributed by atoms with van der Waals surface area (Å²) < 4.78 is 51.6. The van der Waals surface area contributed by atoms with Crippen LogP contribution in [0.5, 0.6) is 0 Å². The molecule has 0 N–H and O–H groups in total. The molecule has 3 saturated heterocycles. The van der Waals surface area contributed by atoms with E-state index in [2.05, 4.69) is 0 Å². The van der Waals surface area contributed by atoms with Gasteiger partial charge >= 0.3 is 12.1 Å². The van der Waals surface area contributed by atoms with Crippen molar-refractivity contribution in [2.45, 2.75) is 57.6 Å². The zero-order valence-corrected chi connectivity index (χ0v) is 17.8. The largest absolute Gasteiger partial charge is 0.463 e. The highest BCUT2D eigenvalue weighted by Crippen LogP contribution is 2.63. The third kappa shape index (κ3) is 2.94. The quantitative estimate of drug-likeness (QED) is 0.518. The Labute approximate surface area is 182 Å². The van der Waals surface area contributed by atoms with E-state index < -0.39 is 64.0 Å². The molecule has 170 valence electrons. The van der Waals surface area contributed by atoms with Crippen molar-refractivity contribution in [2.75, 3.05) is 4.90 Å². The Morgan fingerprint density at radius 1 is 1.25 bits per heavy atom.